The van der Waals surface area contributed by atoms with Gasteiger partial charge >= 0.3 is 0 Å². The van der Waals surface area contributed by atoms with Crippen LogP contribution in [-0.4, -0.2) is 59.6 Å². The van der Waals surface area contributed by atoms with E-state index in [2.05, 4.69) is 51.7 Å². The molecular weight excluding hydrogens is 326 g/mol. The van der Waals surface area contributed by atoms with E-state index in [1.165, 1.54) is 11.3 Å². The minimum atomic E-state index is 0.287. The molecule has 1 fully saturated rings. The summed E-state index contributed by atoms with van der Waals surface area (Å²) in [5.74, 6) is 1.01. The lowest BCUT2D eigenvalue weighted by molar-refractivity contribution is -0.0353. The summed E-state index contributed by atoms with van der Waals surface area (Å²) in [4.78, 5) is 8.92. The summed E-state index contributed by atoms with van der Waals surface area (Å²) >= 11 is 0. The van der Waals surface area contributed by atoms with Crippen molar-refractivity contribution in [3.8, 4) is 0 Å². The Kier molecular flexibility index (Phi) is 6.27. The number of pyridine rings is 1. The number of hydrogen-bond acceptors (Lipinski definition) is 5. The molecule has 2 aromatic heterocycles. The van der Waals surface area contributed by atoms with Gasteiger partial charge in [-0.05, 0) is 50.5 Å². The van der Waals surface area contributed by atoms with Gasteiger partial charge in [0, 0.05) is 52.2 Å². The molecule has 0 bridgehead atoms. The van der Waals surface area contributed by atoms with Crippen LogP contribution in [0.3, 0.4) is 0 Å². The summed E-state index contributed by atoms with van der Waals surface area (Å²) in [6.07, 6.45) is 6.14. The number of rotatable bonds is 7. The van der Waals surface area contributed by atoms with Gasteiger partial charge < -0.3 is 9.64 Å². The van der Waals surface area contributed by atoms with E-state index >= 15 is 0 Å². The first-order valence-electron chi connectivity index (χ1n) is 9.51. The molecule has 1 atom stereocenters. The van der Waals surface area contributed by atoms with Crippen LogP contribution in [0.15, 0.2) is 30.6 Å². The fraction of sp³-hybridized carbons (Fsp3) is 0.600. The van der Waals surface area contributed by atoms with Crippen LogP contribution in [0.2, 0.25) is 0 Å². The van der Waals surface area contributed by atoms with Gasteiger partial charge in [0.1, 0.15) is 5.82 Å². The second kappa shape index (κ2) is 8.64. The number of ether oxygens (including phenoxy) is 1. The van der Waals surface area contributed by atoms with Gasteiger partial charge in [-0.3, -0.25) is 9.58 Å². The molecule has 6 nitrogen and oxygen atoms in total. The SMILES string of the molecule is CC(C)n1nccc1CN1CCOC(CCc2ccnc(N(C)C)c2)C1. The van der Waals surface area contributed by atoms with Gasteiger partial charge in [0.05, 0.1) is 18.4 Å². The molecule has 0 aliphatic carbocycles. The van der Waals surface area contributed by atoms with Gasteiger partial charge in [-0.15, -0.1) is 0 Å². The molecule has 1 aliphatic rings. The molecule has 3 heterocycles. The van der Waals surface area contributed by atoms with Gasteiger partial charge in [0.2, 0.25) is 0 Å². The van der Waals surface area contributed by atoms with Crippen molar-refractivity contribution in [2.45, 2.75) is 45.4 Å². The molecule has 26 heavy (non-hydrogen) atoms. The summed E-state index contributed by atoms with van der Waals surface area (Å²) in [6, 6.07) is 6.80. The summed E-state index contributed by atoms with van der Waals surface area (Å²) in [7, 11) is 4.05. The molecule has 0 N–H and O–H groups in total. The number of morpholine rings is 1. The van der Waals surface area contributed by atoms with Crippen molar-refractivity contribution >= 4 is 5.82 Å². The summed E-state index contributed by atoms with van der Waals surface area (Å²) < 4.78 is 8.13. The number of aryl methyl sites for hydroxylation is 1. The summed E-state index contributed by atoms with van der Waals surface area (Å²) in [5, 5.41) is 4.45. The highest BCUT2D eigenvalue weighted by atomic mass is 16.5. The third-order valence-corrected chi connectivity index (χ3v) is 4.87. The van der Waals surface area contributed by atoms with Crippen molar-refractivity contribution in [2.75, 3.05) is 38.7 Å². The molecule has 142 valence electrons. The van der Waals surface area contributed by atoms with Crippen molar-refractivity contribution in [3.63, 3.8) is 0 Å². The first kappa shape index (κ1) is 18.9. The van der Waals surface area contributed by atoms with E-state index in [-0.39, 0.29) is 6.10 Å². The quantitative estimate of drug-likeness (QED) is 0.762. The monoisotopic (exact) mass is 357 g/mol. The minimum Gasteiger partial charge on any atom is -0.376 e. The molecule has 1 saturated heterocycles. The lowest BCUT2D eigenvalue weighted by Crippen LogP contribution is -2.42. The Bertz CT molecular complexity index is 697. The summed E-state index contributed by atoms with van der Waals surface area (Å²) in [5.41, 5.74) is 2.60. The highest BCUT2D eigenvalue weighted by Crippen LogP contribution is 2.17. The van der Waals surface area contributed by atoms with Crippen LogP contribution < -0.4 is 4.90 Å². The molecule has 6 heteroatoms. The number of anilines is 1. The van der Waals surface area contributed by atoms with Crippen molar-refractivity contribution < 1.29 is 4.74 Å². The van der Waals surface area contributed by atoms with E-state index < -0.39 is 0 Å². The van der Waals surface area contributed by atoms with E-state index in [9.17, 15) is 0 Å². The first-order chi connectivity index (χ1) is 12.5. The normalized spacial score (nSPS) is 18.4. The average molecular weight is 358 g/mol. The molecule has 0 radical (unpaired) electrons. The van der Waals surface area contributed by atoms with Crippen molar-refractivity contribution in [1.29, 1.82) is 0 Å². The smallest absolute Gasteiger partial charge is 0.128 e. The molecule has 0 amide bonds. The number of hydrogen-bond donors (Lipinski definition) is 0. The molecule has 1 aliphatic heterocycles. The molecule has 2 aromatic rings. The Morgan fingerprint density at radius 1 is 1.27 bits per heavy atom. The molecule has 1 unspecified atom stereocenters. The van der Waals surface area contributed by atoms with Gasteiger partial charge in [0.25, 0.3) is 0 Å². The van der Waals surface area contributed by atoms with E-state index in [1.807, 2.05) is 31.4 Å². The zero-order valence-corrected chi connectivity index (χ0v) is 16.4. The Hall–Kier alpha value is -1.92. The summed E-state index contributed by atoms with van der Waals surface area (Å²) in [6.45, 7) is 8.07. The zero-order valence-electron chi connectivity index (χ0n) is 16.4. The fourth-order valence-corrected chi connectivity index (χ4v) is 3.45. The van der Waals surface area contributed by atoms with E-state index in [0.717, 1.165) is 44.9 Å². The van der Waals surface area contributed by atoms with Gasteiger partial charge in [-0.2, -0.15) is 5.10 Å². The fourth-order valence-electron chi connectivity index (χ4n) is 3.45. The Labute approximate surface area is 156 Å². The topological polar surface area (TPSA) is 46.4 Å². The molecule has 0 spiro atoms. The van der Waals surface area contributed by atoms with Crippen LogP contribution in [0, 0.1) is 0 Å². The van der Waals surface area contributed by atoms with E-state index in [0.29, 0.717) is 6.04 Å². The van der Waals surface area contributed by atoms with E-state index in [4.69, 9.17) is 4.74 Å². The third-order valence-electron chi connectivity index (χ3n) is 4.87. The minimum absolute atomic E-state index is 0.287. The lowest BCUT2D eigenvalue weighted by Gasteiger charge is -2.33. The van der Waals surface area contributed by atoms with Crippen LogP contribution in [0.25, 0.3) is 0 Å². The van der Waals surface area contributed by atoms with Gasteiger partial charge in [-0.25, -0.2) is 4.98 Å². The second-order valence-corrected chi connectivity index (χ2v) is 7.54. The highest BCUT2D eigenvalue weighted by Gasteiger charge is 2.21. The molecule has 0 saturated carbocycles. The Morgan fingerprint density at radius 3 is 2.88 bits per heavy atom. The third kappa shape index (κ3) is 4.83. The van der Waals surface area contributed by atoms with Crippen molar-refractivity contribution in [3.05, 3.63) is 41.9 Å². The maximum atomic E-state index is 6.01. The second-order valence-electron chi connectivity index (χ2n) is 7.54. The van der Waals surface area contributed by atoms with Crippen LogP contribution in [0.4, 0.5) is 5.82 Å². The Balaban J connectivity index is 1.54. The van der Waals surface area contributed by atoms with Crippen LogP contribution in [0.1, 0.15) is 37.6 Å². The maximum Gasteiger partial charge on any atom is 0.128 e. The average Bonchev–Trinajstić information content (AvgIpc) is 3.09. The molecule has 3 rings (SSSR count). The molecular formula is C20H31N5O. The molecule has 0 aromatic carbocycles. The van der Waals surface area contributed by atoms with Crippen LogP contribution in [-0.2, 0) is 17.7 Å². The predicted octanol–water partition coefficient (Wildman–Crippen LogP) is 2.76. The van der Waals surface area contributed by atoms with Gasteiger partial charge in [-0.1, -0.05) is 0 Å². The van der Waals surface area contributed by atoms with E-state index in [1.54, 1.807) is 0 Å². The zero-order chi connectivity index (χ0) is 18.5. The number of nitrogens with zero attached hydrogens (tertiary/aromatic N) is 5. The largest absolute Gasteiger partial charge is 0.376 e. The van der Waals surface area contributed by atoms with Crippen LogP contribution >= 0.6 is 0 Å². The first-order valence-corrected chi connectivity index (χ1v) is 9.51. The lowest BCUT2D eigenvalue weighted by atomic mass is 10.1. The maximum absolute atomic E-state index is 6.01. The predicted molar refractivity (Wildman–Crippen MR) is 105 cm³/mol. The standard InChI is InChI=1S/C20H31N5O/c1-16(2)25-18(8-10-22-25)14-24-11-12-26-19(15-24)6-5-17-7-9-21-20(13-17)23(3)4/h7-10,13,16,19H,5-6,11-12,14-15H2,1-4H3. The van der Waals surface area contributed by atoms with Crippen LogP contribution in [0.5, 0.6) is 0 Å². The van der Waals surface area contributed by atoms with Gasteiger partial charge in [0.15, 0.2) is 0 Å². The van der Waals surface area contributed by atoms with Crippen molar-refractivity contribution in [1.82, 2.24) is 19.7 Å². The van der Waals surface area contributed by atoms with Crippen molar-refractivity contribution in [2.24, 2.45) is 0 Å². The number of aromatic nitrogens is 3. The highest BCUT2D eigenvalue weighted by molar-refractivity contribution is 5.39. The Morgan fingerprint density at radius 2 is 2.12 bits per heavy atom.